The van der Waals surface area contributed by atoms with Crippen LogP contribution in [0.4, 0.5) is 5.69 Å². The summed E-state index contributed by atoms with van der Waals surface area (Å²) in [5.74, 6) is 0.0313. The minimum Gasteiger partial charge on any atom is -0.409 e. The molecule has 0 bridgehead atoms. The van der Waals surface area contributed by atoms with E-state index in [1.165, 1.54) is 0 Å². The van der Waals surface area contributed by atoms with Crippen molar-refractivity contribution in [3.63, 3.8) is 0 Å². The van der Waals surface area contributed by atoms with Crippen molar-refractivity contribution < 1.29 is 5.21 Å². The van der Waals surface area contributed by atoms with Gasteiger partial charge in [0.25, 0.3) is 0 Å². The van der Waals surface area contributed by atoms with Crippen molar-refractivity contribution in [3.8, 4) is 0 Å². The molecule has 20 heavy (non-hydrogen) atoms. The van der Waals surface area contributed by atoms with Crippen molar-refractivity contribution >= 4 is 34.5 Å². The third-order valence-corrected chi connectivity index (χ3v) is 3.88. The molecule has 0 aliphatic rings. The van der Waals surface area contributed by atoms with Gasteiger partial charge in [-0.1, -0.05) is 16.8 Å². The molecule has 1 heterocycles. The van der Waals surface area contributed by atoms with Crippen LogP contribution in [0.25, 0.3) is 0 Å². The van der Waals surface area contributed by atoms with Gasteiger partial charge >= 0.3 is 0 Å². The number of nitrogens with zero attached hydrogens (tertiary/aromatic N) is 3. The summed E-state index contributed by atoms with van der Waals surface area (Å²) in [5, 5.41) is 15.5. The van der Waals surface area contributed by atoms with Gasteiger partial charge in [0.1, 0.15) is 0 Å². The number of aromatic nitrogens is 1. The lowest BCUT2D eigenvalue weighted by Gasteiger charge is -2.21. The zero-order valence-electron chi connectivity index (χ0n) is 11.2. The number of rotatable bonds is 4. The normalized spacial score (nSPS) is 11.7. The van der Waals surface area contributed by atoms with Gasteiger partial charge in [0.2, 0.25) is 0 Å². The average molecular weight is 311 g/mol. The predicted octanol–water partition coefficient (Wildman–Crippen LogP) is 2.84. The van der Waals surface area contributed by atoms with E-state index in [4.69, 9.17) is 22.5 Å². The maximum Gasteiger partial charge on any atom is 0.172 e. The van der Waals surface area contributed by atoms with Gasteiger partial charge in [0.15, 0.2) is 5.84 Å². The maximum absolute atomic E-state index is 8.87. The molecule has 2 rings (SSSR count). The summed E-state index contributed by atoms with van der Waals surface area (Å²) in [6.45, 7) is 2.61. The Morgan fingerprint density at radius 1 is 1.55 bits per heavy atom. The average Bonchev–Trinajstić information content (AvgIpc) is 2.82. The first-order valence-corrected chi connectivity index (χ1v) is 7.16. The second-order valence-electron chi connectivity index (χ2n) is 4.36. The molecule has 0 saturated carbocycles. The van der Waals surface area contributed by atoms with Crippen LogP contribution in [0.2, 0.25) is 5.02 Å². The van der Waals surface area contributed by atoms with Crippen LogP contribution in [0.5, 0.6) is 0 Å². The fourth-order valence-corrected chi connectivity index (χ4v) is 2.69. The molecule has 0 fully saturated rings. The van der Waals surface area contributed by atoms with Crippen LogP contribution in [-0.4, -0.2) is 23.1 Å². The first-order valence-electron chi connectivity index (χ1n) is 5.91. The Bertz CT molecular complexity index is 641. The maximum atomic E-state index is 8.87. The largest absolute Gasteiger partial charge is 0.409 e. The zero-order valence-corrected chi connectivity index (χ0v) is 12.7. The number of benzene rings is 1. The molecule has 3 N–H and O–H groups in total. The lowest BCUT2D eigenvalue weighted by molar-refractivity contribution is 0.318. The van der Waals surface area contributed by atoms with Gasteiger partial charge in [0.05, 0.1) is 17.2 Å². The second kappa shape index (κ2) is 6.11. The Labute approximate surface area is 126 Å². The van der Waals surface area contributed by atoms with E-state index in [1.54, 1.807) is 23.5 Å². The van der Waals surface area contributed by atoms with Crippen LogP contribution in [0.3, 0.4) is 0 Å². The number of anilines is 1. The molecule has 0 spiro atoms. The van der Waals surface area contributed by atoms with E-state index < -0.39 is 0 Å². The quantitative estimate of drug-likeness (QED) is 0.394. The van der Waals surface area contributed by atoms with Gasteiger partial charge in [-0.05, 0) is 25.1 Å². The van der Waals surface area contributed by atoms with Crippen LogP contribution in [0.1, 0.15) is 16.3 Å². The third-order valence-electron chi connectivity index (χ3n) is 2.82. The number of thiazole rings is 1. The number of amidine groups is 1. The number of hydrogen-bond donors (Lipinski definition) is 2. The molecular weight excluding hydrogens is 296 g/mol. The molecule has 1 aromatic heterocycles. The van der Waals surface area contributed by atoms with E-state index in [0.29, 0.717) is 17.1 Å². The Balaban J connectivity index is 2.31. The predicted molar refractivity (Wildman–Crippen MR) is 82.9 cm³/mol. The number of nitrogens with two attached hydrogens (primary N) is 1. The fraction of sp³-hybridized carbons (Fsp3) is 0.231. The van der Waals surface area contributed by atoms with E-state index >= 15 is 0 Å². The van der Waals surface area contributed by atoms with Crippen molar-refractivity contribution in [2.75, 3.05) is 11.9 Å². The summed E-state index contributed by atoms with van der Waals surface area (Å²) in [4.78, 5) is 6.41. The zero-order chi connectivity index (χ0) is 14.7. The molecule has 0 unspecified atom stereocenters. The molecule has 0 amide bonds. The van der Waals surface area contributed by atoms with Crippen molar-refractivity contribution in [3.05, 3.63) is 44.9 Å². The second-order valence-corrected chi connectivity index (χ2v) is 5.86. The molecule has 0 saturated heterocycles. The fourth-order valence-electron chi connectivity index (χ4n) is 1.91. The SMILES string of the molecule is Cc1nc(CN(C)c2ccc(Cl)cc2C(N)=NO)cs1. The number of aryl methyl sites for hydroxylation is 1. The van der Waals surface area contributed by atoms with Crippen molar-refractivity contribution in [2.24, 2.45) is 10.9 Å². The molecule has 0 aliphatic carbocycles. The highest BCUT2D eigenvalue weighted by atomic mass is 35.5. The Morgan fingerprint density at radius 2 is 2.30 bits per heavy atom. The number of halogens is 1. The van der Waals surface area contributed by atoms with E-state index in [1.807, 2.05) is 30.3 Å². The van der Waals surface area contributed by atoms with Crippen LogP contribution >= 0.6 is 22.9 Å². The van der Waals surface area contributed by atoms with Crippen molar-refractivity contribution in [2.45, 2.75) is 13.5 Å². The molecular formula is C13H15ClN4OS. The van der Waals surface area contributed by atoms with Gasteiger partial charge in [-0.25, -0.2) is 4.98 Å². The first kappa shape index (κ1) is 14.6. The number of oxime groups is 1. The Kier molecular flexibility index (Phi) is 4.46. The van der Waals surface area contributed by atoms with Crippen LogP contribution < -0.4 is 10.6 Å². The number of hydrogen-bond acceptors (Lipinski definition) is 5. The van der Waals surface area contributed by atoms with E-state index in [0.717, 1.165) is 16.4 Å². The van der Waals surface area contributed by atoms with Gasteiger partial charge in [-0.3, -0.25) is 0 Å². The van der Waals surface area contributed by atoms with Gasteiger partial charge in [-0.2, -0.15) is 0 Å². The van der Waals surface area contributed by atoms with E-state index in [2.05, 4.69) is 10.1 Å². The monoisotopic (exact) mass is 310 g/mol. The molecule has 2 aromatic rings. The standard InChI is InChI=1S/C13H15ClN4OS/c1-8-16-10(7-20-8)6-18(2)12-4-3-9(14)5-11(12)13(15)17-19/h3-5,7,19H,6H2,1-2H3,(H2,15,17). The van der Waals surface area contributed by atoms with Crippen LogP contribution in [0.15, 0.2) is 28.7 Å². The summed E-state index contributed by atoms with van der Waals surface area (Å²) in [5.41, 5.74) is 8.10. The molecule has 106 valence electrons. The molecule has 5 nitrogen and oxygen atoms in total. The smallest absolute Gasteiger partial charge is 0.172 e. The van der Waals surface area contributed by atoms with E-state index in [-0.39, 0.29) is 5.84 Å². The highest BCUT2D eigenvalue weighted by Gasteiger charge is 2.13. The highest BCUT2D eigenvalue weighted by Crippen LogP contribution is 2.25. The molecule has 7 heteroatoms. The molecule has 1 aromatic carbocycles. The van der Waals surface area contributed by atoms with Gasteiger partial charge in [-0.15, -0.1) is 11.3 Å². The minimum absolute atomic E-state index is 0.0313. The van der Waals surface area contributed by atoms with Gasteiger partial charge in [0, 0.05) is 28.7 Å². The van der Waals surface area contributed by atoms with Gasteiger partial charge < -0.3 is 15.8 Å². The summed E-state index contributed by atoms with van der Waals surface area (Å²) in [6, 6.07) is 5.29. The third kappa shape index (κ3) is 3.20. The van der Waals surface area contributed by atoms with Crippen LogP contribution in [-0.2, 0) is 6.54 Å². The molecule has 0 aliphatic heterocycles. The topological polar surface area (TPSA) is 74.7 Å². The summed E-state index contributed by atoms with van der Waals surface area (Å²) in [6.07, 6.45) is 0. The first-order chi connectivity index (χ1) is 9.51. The summed E-state index contributed by atoms with van der Waals surface area (Å²) in [7, 11) is 1.92. The van der Waals surface area contributed by atoms with E-state index in [9.17, 15) is 0 Å². The minimum atomic E-state index is 0.0313. The van der Waals surface area contributed by atoms with Crippen molar-refractivity contribution in [1.29, 1.82) is 0 Å². The Morgan fingerprint density at radius 3 is 2.90 bits per heavy atom. The molecule has 0 radical (unpaired) electrons. The van der Waals surface area contributed by atoms with Crippen molar-refractivity contribution in [1.82, 2.24) is 4.98 Å². The Hall–Kier alpha value is -1.79. The highest BCUT2D eigenvalue weighted by molar-refractivity contribution is 7.09. The molecule has 0 atom stereocenters. The summed E-state index contributed by atoms with van der Waals surface area (Å²) < 4.78 is 0. The summed E-state index contributed by atoms with van der Waals surface area (Å²) >= 11 is 7.58. The van der Waals surface area contributed by atoms with Crippen LogP contribution in [0, 0.1) is 6.92 Å². The lowest BCUT2D eigenvalue weighted by atomic mass is 10.1. The lowest BCUT2D eigenvalue weighted by Crippen LogP contribution is -2.22.